The van der Waals surface area contributed by atoms with E-state index in [1.165, 1.54) is 0 Å². The second kappa shape index (κ2) is 5.68. The molecule has 1 aromatic heterocycles. The van der Waals surface area contributed by atoms with Gasteiger partial charge in [-0.05, 0) is 49.7 Å². The third-order valence-electron chi connectivity index (χ3n) is 6.61. The highest BCUT2D eigenvalue weighted by atomic mass is 32.1. The highest BCUT2D eigenvalue weighted by Gasteiger charge is 2.68. The largest absolute Gasteiger partial charge is 0.342 e. The molecule has 0 aromatic carbocycles. The predicted molar refractivity (Wildman–Crippen MR) is 97.4 cm³/mol. The number of likely N-dealkylation sites (tertiary alicyclic amines) is 1. The standard InChI is InChI=1S/C18H30N4OS/c1-11(2)22-14(19-20-16(22)24)12-8-7-9-21(10-12)15(23)13-17(3,4)18(13,5)6/h11-13H,7-10H2,1-6H3,(H,20,24). The first-order chi connectivity index (χ1) is 11.1. The van der Waals surface area contributed by atoms with Gasteiger partial charge in [-0.1, -0.05) is 27.7 Å². The summed E-state index contributed by atoms with van der Waals surface area (Å²) < 4.78 is 2.77. The van der Waals surface area contributed by atoms with Crippen molar-refractivity contribution in [3.05, 3.63) is 10.6 Å². The number of aromatic amines is 1. The summed E-state index contributed by atoms with van der Waals surface area (Å²) in [7, 11) is 0. The molecule has 1 atom stereocenters. The van der Waals surface area contributed by atoms with Crippen LogP contribution in [0, 0.1) is 21.5 Å². The van der Waals surface area contributed by atoms with Crippen LogP contribution in [0.15, 0.2) is 0 Å². The molecular formula is C18H30N4OS. The summed E-state index contributed by atoms with van der Waals surface area (Å²) in [5.74, 6) is 1.72. The number of amides is 1. The van der Waals surface area contributed by atoms with Crippen LogP contribution in [-0.2, 0) is 4.79 Å². The summed E-state index contributed by atoms with van der Waals surface area (Å²) in [6.07, 6.45) is 2.09. The number of nitrogens with one attached hydrogen (secondary N) is 1. The SMILES string of the molecule is CC(C)n1c(C2CCCN(C(=O)C3C(C)(C)C3(C)C)C2)n[nH]c1=S. The predicted octanol–water partition coefficient (Wildman–Crippen LogP) is 3.91. The van der Waals surface area contributed by atoms with Crippen LogP contribution >= 0.6 is 12.2 Å². The van der Waals surface area contributed by atoms with Crippen molar-refractivity contribution in [2.24, 2.45) is 16.7 Å². The molecule has 134 valence electrons. The molecule has 1 saturated carbocycles. The highest BCUT2D eigenvalue weighted by Crippen LogP contribution is 2.68. The van der Waals surface area contributed by atoms with Gasteiger partial charge < -0.3 is 9.47 Å². The normalized spacial score (nSPS) is 26.0. The zero-order valence-corrected chi connectivity index (χ0v) is 16.5. The smallest absolute Gasteiger partial charge is 0.226 e. The van der Waals surface area contributed by atoms with Crippen LogP contribution < -0.4 is 0 Å². The molecule has 0 radical (unpaired) electrons. The van der Waals surface area contributed by atoms with Gasteiger partial charge in [-0.25, -0.2) is 0 Å². The van der Waals surface area contributed by atoms with E-state index in [4.69, 9.17) is 12.2 Å². The average molecular weight is 351 g/mol. The van der Waals surface area contributed by atoms with E-state index in [2.05, 4.69) is 61.2 Å². The quantitative estimate of drug-likeness (QED) is 0.841. The monoisotopic (exact) mass is 350 g/mol. The molecular weight excluding hydrogens is 320 g/mol. The Morgan fingerprint density at radius 2 is 1.92 bits per heavy atom. The lowest BCUT2D eigenvalue weighted by Crippen LogP contribution is -2.41. The van der Waals surface area contributed by atoms with Crippen molar-refractivity contribution in [3.8, 4) is 0 Å². The molecule has 1 aliphatic heterocycles. The van der Waals surface area contributed by atoms with Gasteiger partial charge in [-0.15, -0.1) is 0 Å². The van der Waals surface area contributed by atoms with E-state index < -0.39 is 0 Å². The zero-order chi connectivity index (χ0) is 17.9. The van der Waals surface area contributed by atoms with Crippen molar-refractivity contribution in [1.29, 1.82) is 0 Å². The van der Waals surface area contributed by atoms with E-state index in [0.29, 0.717) is 10.7 Å². The van der Waals surface area contributed by atoms with E-state index in [0.717, 1.165) is 31.8 Å². The van der Waals surface area contributed by atoms with Crippen LogP contribution in [-0.4, -0.2) is 38.7 Å². The van der Waals surface area contributed by atoms with Gasteiger partial charge in [0.2, 0.25) is 5.91 Å². The molecule has 1 aromatic rings. The number of H-pyrrole nitrogens is 1. The van der Waals surface area contributed by atoms with Crippen LogP contribution in [0.25, 0.3) is 0 Å². The molecule has 24 heavy (non-hydrogen) atoms. The van der Waals surface area contributed by atoms with Crippen LogP contribution in [0.5, 0.6) is 0 Å². The van der Waals surface area contributed by atoms with Crippen LogP contribution in [0.4, 0.5) is 0 Å². The Morgan fingerprint density at radius 3 is 2.46 bits per heavy atom. The van der Waals surface area contributed by atoms with Gasteiger partial charge >= 0.3 is 0 Å². The average Bonchev–Trinajstić information content (AvgIpc) is 2.79. The molecule has 2 fully saturated rings. The minimum absolute atomic E-state index is 0.0923. The maximum atomic E-state index is 13.1. The van der Waals surface area contributed by atoms with Gasteiger partial charge in [0.1, 0.15) is 5.82 Å². The van der Waals surface area contributed by atoms with Crippen LogP contribution in [0.2, 0.25) is 0 Å². The molecule has 5 nitrogen and oxygen atoms in total. The fourth-order valence-electron chi connectivity index (χ4n) is 4.49. The van der Waals surface area contributed by atoms with Gasteiger partial charge in [0.25, 0.3) is 0 Å². The Kier molecular flexibility index (Phi) is 4.18. The Bertz CT molecular complexity index is 686. The summed E-state index contributed by atoms with van der Waals surface area (Å²) in [5.41, 5.74) is 0.185. The molecule has 1 N–H and O–H groups in total. The van der Waals surface area contributed by atoms with Crippen molar-refractivity contribution >= 4 is 18.1 Å². The van der Waals surface area contributed by atoms with Crippen molar-refractivity contribution in [2.45, 2.75) is 66.3 Å². The van der Waals surface area contributed by atoms with Gasteiger partial charge in [-0.3, -0.25) is 9.89 Å². The minimum Gasteiger partial charge on any atom is -0.342 e. The van der Waals surface area contributed by atoms with Crippen LogP contribution in [0.3, 0.4) is 0 Å². The summed E-state index contributed by atoms with van der Waals surface area (Å²) in [6.45, 7) is 14.7. The molecule has 0 spiro atoms. The van der Waals surface area contributed by atoms with E-state index >= 15 is 0 Å². The summed E-state index contributed by atoms with van der Waals surface area (Å²) in [5, 5.41) is 7.41. The first-order valence-electron chi connectivity index (χ1n) is 9.04. The van der Waals surface area contributed by atoms with Crippen molar-refractivity contribution in [2.75, 3.05) is 13.1 Å². The maximum Gasteiger partial charge on any atom is 0.226 e. The lowest BCUT2D eigenvalue weighted by Gasteiger charge is -2.33. The van der Waals surface area contributed by atoms with Gasteiger partial charge in [0.15, 0.2) is 4.77 Å². The van der Waals surface area contributed by atoms with Gasteiger partial charge in [-0.2, -0.15) is 5.10 Å². The number of nitrogens with zero attached hydrogens (tertiary/aromatic N) is 3. The Balaban J connectivity index is 1.79. The van der Waals surface area contributed by atoms with Crippen molar-refractivity contribution < 1.29 is 4.79 Å². The first-order valence-corrected chi connectivity index (χ1v) is 9.45. The molecule has 1 amide bonds. The maximum absolute atomic E-state index is 13.1. The second-order valence-electron chi connectivity index (χ2n) is 8.85. The Hall–Kier alpha value is -1.17. The molecule has 3 rings (SSSR count). The number of hydrogen-bond acceptors (Lipinski definition) is 3. The van der Waals surface area contributed by atoms with Crippen molar-refractivity contribution in [1.82, 2.24) is 19.7 Å². The molecule has 0 bridgehead atoms. The zero-order valence-electron chi connectivity index (χ0n) is 15.7. The van der Waals surface area contributed by atoms with E-state index in [1.807, 2.05) is 0 Å². The van der Waals surface area contributed by atoms with Crippen molar-refractivity contribution in [3.63, 3.8) is 0 Å². The number of carbonyl (C=O) groups excluding carboxylic acids is 1. The number of hydrogen-bond donors (Lipinski definition) is 1. The van der Waals surface area contributed by atoms with Gasteiger partial charge in [0, 0.05) is 31.0 Å². The third kappa shape index (κ3) is 2.54. The second-order valence-corrected chi connectivity index (χ2v) is 9.24. The summed E-state index contributed by atoms with van der Waals surface area (Å²) >= 11 is 5.38. The van der Waals surface area contributed by atoms with Gasteiger partial charge in [0.05, 0.1) is 0 Å². The Morgan fingerprint density at radius 1 is 1.29 bits per heavy atom. The van der Waals surface area contributed by atoms with E-state index in [9.17, 15) is 4.79 Å². The number of carbonyl (C=O) groups is 1. The Labute approximate surface area is 149 Å². The molecule has 2 aliphatic rings. The third-order valence-corrected chi connectivity index (χ3v) is 6.90. The summed E-state index contributed by atoms with van der Waals surface area (Å²) in [4.78, 5) is 15.1. The summed E-state index contributed by atoms with van der Waals surface area (Å²) in [6, 6.07) is 0.277. The molecule has 6 heteroatoms. The number of rotatable bonds is 3. The first kappa shape index (κ1) is 17.6. The van der Waals surface area contributed by atoms with Crippen LogP contribution in [0.1, 0.15) is 72.2 Å². The fraction of sp³-hybridized carbons (Fsp3) is 0.833. The topological polar surface area (TPSA) is 53.9 Å². The number of aromatic nitrogens is 3. The molecule has 2 heterocycles. The minimum atomic E-state index is 0.0923. The molecule has 1 unspecified atom stereocenters. The molecule has 1 aliphatic carbocycles. The highest BCUT2D eigenvalue weighted by molar-refractivity contribution is 7.71. The number of piperidine rings is 1. The fourth-order valence-corrected chi connectivity index (χ4v) is 4.84. The van der Waals surface area contributed by atoms with E-state index in [1.54, 1.807) is 0 Å². The lowest BCUT2D eigenvalue weighted by molar-refractivity contribution is -0.135. The van der Waals surface area contributed by atoms with E-state index in [-0.39, 0.29) is 28.7 Å². The molecule has 1 saturated heterocycles. The lowest BCUT2D eigenvalue weighted by atomic mass is 9.96.